The Hall–Kier alpha value is -3.59. The van der Waals surface area contributed by atoms with Gasteiger partial charge in [0.15, 0.2) is 5.16 Å². The van der Waals surface area contributed by atoms with Crippen LogP contribution in [0.4, 0.5) is 5.69 Å². The number of carbonyl (C=O) groups is 1. The molecule has 2 aromatic heterocycles. The molecule has 2 aromatic carbocycles. The highest BCUT2D eigenvalue weighted by molar-refractivity contribution is 7.98. The van der Waals surface area contributed by atoms with Gasteiger partial charge >= 0.3 is 5.63 Å². The molecule has 0 aliphatic rings. The molecule has 0 saturated carbocycles. The first-order valence-electron chi connectivity index (χ1n) is 8.66. The van der Waals surface area contributed by atoms with Crippen LogP contribution in [0.25, 0.3) is 16.7 Å². The van der Waals surface area contributed by atoms with Crippen LogP contribution >= 0.6 is 11.8 Å². The molecule has 9 heteroatoms. The molecule has 29 heavy (non-hydrogen) atoms. The lowest BCUT2D eigenvalue weighted by atomic mass is 10.1. The van der Waals surface area contributed by atoms with Crippen molar-refractivity contribution < 1.29 is 14.3 Å². The largest absolute Gasteiger partial charge is 0.508 e. The quantitative estimate of drug-likeness (QED) is 0.385. The summed E-state index contributed by atoms with van der Waals surface area (Å²) in [6, 6.07) is 13.4. The molecular formula is C20H16N4O4S. The van der Waals surface area contributed by atoms with Gasteiger partial charge in [-0.25, -0.2) is 4.79 Å². The second-order valence-electron chi connectivity index (χ2n) is 6.27. The Morgan fingerprint density at radius 3 is 2.93 bits per heavy atom. The minimum absolute atomic E-state index is 0.0317. The number of amides is 1. The Balaban J connectivity index is 1.62. The van der Waals surface area contributed by atoms with Gasteiger partial charge in [0.25, 0.3) is 0 Å². The van der Waals surface area contributed by atoms with Gasteiger partial charge in [-0.15, -0.1) is 10.2 Å². The van der Waals surface area contributed by atoms with Gasteiger partial charge in [0.05, 0.1) is 5.69 Å². The minimum Gasteiger partial charge on any atom is -0.508 e. The van der Waals surface area contributed by atoms with Crippen molar-refractivity contribution in [1.82, 2.24) is 14.8 Å². The lowest BCUT2D eigenvalue weighted by Crippen LogP contribution is -2.06. The van der Waals surface area contributed by atoms with Crippen LogP contribution in [-0.2, 0) is 10.5 Å². The molecule has 4 rings (SSSR count). The molecule has 0 atom stereocenters. The Morgan fingerprint density at radius 1 is 1.24 bits per heavy atom. The molecular weight excluding hydrogens is 392 g/mol. The number of fused-ring (bicyclic) bond motifs is 1. The first-order chi connectivity index (χ1) is 14.0. The van der Waals surface area contributed by atoms with E-state index in [1.165, 1.54) is 30.8 Å². The van der Waals surface area contributed by atoms with Crippen molar-refractivity contribution in [2.75, 3.05) is 5.32 Å². The van der Waals surface area contributed by atoms with Gasteiger partial charge in [-0.2, -0.15) is 0 Å². The summed E-state index contributed by atoms with van der Waals surface area (Å²) < 4.78 is 6.97. The van der Waals surface area contributed by atoms with Gasteiger partial charge in [0.2, 0.25) is 5.91 Å². The van der Waals surface area contributed by atoms with E-state index in [4.69, 9.17) is 4.42 Å². The molecule has 0 radical (unpaired) electrons. The summed E-state index contributed by atoms with van der Waals surface area (Å²) in [5, 5.41) is 21.9. The van der Waals surface area contributed by atoms with Crippen LogP contribution in [0, 0.1) is 0 Å². The number of rotatable bonds is 5. The topological polar surface area (TPSA) is 110 Å². The van der Waals surface area contributed by atoms with Gasteiger partial charge in [-0.3, -0.25) is 9.36 Å². The third-order valence-electron chi connectivity index (χ3n) is 4.13. The molecule has 0 unspecified atom stereocenters. The number of benzene rings is 2. The molecule has 0 saturated heterocycles. The van der Waals surface area contributed by atoms with Crippen molar-refractivity contribution in [3.63, 3.8) is 0 Å². The molecule has 0 spiro atoms. The van der Waals surface area contributed by atoms with Crippen LogP contribution in [0.2, 0.25) is 0 Å². The molecule has 1 amide bonds. The van der Waals surface area contributed by atoms with E-state index in [9.17, 15) is 14.7 Å². The summed E-state index contributed by atoms with van der Waals surface area (Å²) in [6.07, 6.45) is 1.59. The second kappa shape index (κ2) is 7.80. The van der Waals surface area contributed by atoms with E-state index in [-0.39, 0.29) is 11.7 Å². The first kappa shape index (κ1) is 18.8. The van der Waals surface area contributed by atoms with Crippen LogP contribution in [0.1, 0.15) is 12.5 Å². The monoisotopic (exact) mass is 408 g/mol. The van der Waals surface area contributed by atoms with Crippen molar-refractivity contribution in [1.29, 1.82) is 0 Å². The van der Waals surface area contributed by atoms with E-state index in [1.54, 1.807) is 29.1 Å². The fourth-order valence-electron chi connectivity index (χ4n) is 2.92. The van der Waals surface area contributed by atoms with Gasteiger partial charge in [0, 0.05) is 35.9 Å². The zero-order valence-corrected chi connectivity index (χ0v) is 16.1. The molecule has 146 valence electrons. The number of hydrogen-bond acceptors (Lipinski definition) is 7. The summed E-state index contributed by atoms with van der Waals surface area (Å²) in [5.74, 6) is 0.335. The van der Waals surface area contributed by atoms with E-state index in [0.29, 0.717) is 22.2 Å². The number of nitrogens with one attached hydrogen (secondary N) is 1. The van der Waals surface area contributed by atoms with Crippen molar-refractivity contribution in [2.24, 2.45) is 0 Å². The van der Waals surface area contributed by atoms with E-state index < -0.39 is 5.63 Å². The zero-order chi connectivity index (χ0) is 20.4. The molecule has 0 aliphatic heterocycles. The van der Waals surface area contributed by atoms with Gasteiger partial charge in [0.1, 0.15) is 17.7 Å². The van der Waals surface area contributed by atoms with Gasteiger partial charge in [-0.05, 0) is 35.9 Å². The third-order valence-corrected chi connectivity index (χ3v) is 5.12. The van der Waals surface area contributed by atoms with Crippen molar-refractivity contribution in [3.8, 4) is 11.4 Å². The Labute approximate surface area is 169 Å². The van der Waals surface area contributed by atoms with Crippen molar-refractivity contribution in [2.45, 2.75) is 17.8 Å². The molecule has 0 fully saturated rings. The van der Waals surface area contributed by atoms with Gasteiger partial charge < -0.3 is 14.8 Å². The van der Waals surface area contributed by atoms with Crippen LogP contribution in [0.15, 0.2) is 69.2 Å². The summed E-state index contributed by atoms with van der Waals surface area (Å²) in [5.41, 5.74) is 2.08. The molecule has 2 heterocycles. The first-order valence-corrected chi connectivity index (χ1v) is 9.65. The number of nitrogens with zero attached hydrogens (tertiary/aromatic N) is 3. The predicted octanol–water partition coefficient (Wildman–Crippen LogP) is 3.33. The number of phenolic OH excluding ortho intramolecular Hbond substituents is 1. The van der Waals surface area contributed by atoms with Crippen LogP contribution in [0.5, 0.6) is 5.75 Å². The average Bonchev–Trinajstić information content (AvgIpc) is 3.14. The highest BCUT2D eigenvalue weighted by Crippen LogP contribution is 2.28. The van der Waals surface area contributed by atoms with E-state index in [1.807, 2.05) is 18.2 Å². The van der Waals surface area contributed by atoms with E-state index in [2.05, 4.69) is 15.5 Å². The third kappa shape index (κ3) is 4.14. The van der Waals surface area contributed by atoms with Crippen LogP contribution in [-0.4, -0.2) is 25.8 Å². The average molecular weight is 408 g/mol. The normalized spacial score (nSPS) is 10.9. The molecule has 0 aliphatic carbocycles. The maximum Gasteiger partial charge on any atom is 0.336 e. The SMILES string of the molecule is CC(=O)Nc1cccc(-n2cnnc2SCc2cc(=O)oc3cc(O)ccc23)c1. The highest BCUT2D eigenvalue weighted by atomic mass is 32.2. The lowest BCUT2D eigenvalue weighted by Gasteiger charge is -2.09. The molecule has 0 bridgehead atoms. The standard InChI is InChI=1S/C20H16N4O4S/c1-12(25)22-14-3-2-4-15(8-14)24-11-21-23-20(24)29-10-13-7-19(27)28-18-9-16(26)5-6-17(13)18/h2-9,11,26H,10H2,1H3,(H,22,25). The number of anilines is 1. The number of aromatic hydroxyl groups is 1. The molecule has 4 aromatic rings. The summed E-state index contributed by atoms with van der Waals surface area (Å²) >= 11 is 1.41. The Bertz CT molecular complexity index is 1260. The molecule has 2 N–H and O–H groups in total. The zero-order valence-electron chi connectivity index (χ0n) is 15.3. The number of aromatic nitrogens is 3. The fraction of sp³-hybridized carbons (Fsp3) is 0.100. The van der Waals surface area contributed by atoms with Crippen LogP contribution < -0.4 is 10.9 Å². The Morgan fingerprint density at radius 2 is 2.10 bits per heavy atom. The fourth-order valence-corrected chi connectivity index (χ4v) is 3.84. The Kier molecular flexibility index (Phi) is 5.05. The molecule has 8 nitrogen and oxygen atoms in total. The summed E-state index contributed by atoms with van der Waals surface area (Å²) in [6.45, 7) is 1.45. The smallest absolute Gasteiger partial charge is 0.336 e. The maximum absolute atomic E-state index is 11.9. The van der Waals surface area contributed by atoms with Crippen molar-refractivity contribution in [3.05, 3.63) is 70.8 Å². The minimum atomic E-state index is -0.483. The second-order valence-corrected chi connectivity index (χ2v) is 7.22. The van der Waals surface area contributed by atoms with E-state index in [0.717, 1.165) is 16.6 Å². The highest BCUT2D eigenvalue weighted by Gasteiger charge is 2.12. The maximum atomic E-state index is 11.9. The number of carbonyl (C=O) groups excluding carboxylic acids is 1. The van der Waals surface area contributed by atoms with Crippen molar-refractivity contribution >= 4 is 34.3 Å². The lowest BCUT2D eigenvalue weighted by molar-refractivity contribution is -0.114. The van der Waals surface area contributed by atoms with E-state index >= 15 is 0 Å². The number of phenols is 1. The summed E-state index contributed by atoms with van der Waals surface area (Å²) in [7, 11) is 0. The summed E-state index contributed by atoms with van der Waals surface area (Å²) in [4.78, 5) is 23.2. The number of hydrogen-bond donors (Lipinski definition) is 2. The van der Waals surface area contributed by atoms with Gasteiger partial charge in [-0.1, -0.05) is 17.8 Å². The predicted molar refractivity (Wildman–Crippen MR) is 109 cm³/mol. The number of thioether (sulfide) groups is 1. The van der Waals surface area contributed by atoms with Crippen LogP contribution in [0.3, 0.4) is 0 Å².